The highest BCUT2D eigenvalue weighted by atomic mass is 16.2. The van der Waals surface area contributed by atoms with E-state index in [1.165, 1.54) is 6.92 Å². The van der Waals surface area contributed by atoms with Gasteiger partial charge in [0, 0.05) is 25.7 Å². The van der Waals surface area contributed by atoms with Crippen LogP contribution in [0.5, 0.6) is 0 Å². The fourth-order valence-electron chi connectivity index (χ4n) is 2.15. The first kappa shape index (κ1) is 17.2. The Morgan fingerprint density at radius 3 is 2.14 bits per heavy atom. The van der Waals surface area contributed by atoms with Crippen LogP contribution in [-0.4, -0.2) is 18.4 Å². The van der Waals surface area contributed by atoms with Crippen LogP contribution in [0.25, 0.3) is 0 Å². The number of amides is 2. The molecule has 0 unspecified atom stereocenters. The quantitative estimate of drug-likeness (QED) is 0.718. The fourth-order valence-corrected chi connectivity index (χ4v) is 2.15. The predicted molar refractivity (Wildman–Crippen MR) is 84.7 cm³/mol. The van der Waals surface area contributed by atoms with E-state index in [4.69, 9.17) is 5.73 Å². The van der Waals surface area contributed by atoms with Gasteiger partial charge in [-0.1, -0.05) is 26.0 Å². The molecule has 5 heteroatoms. The van der Waals surface area contributed by atoms with Crippen LogP contribution in [0.1, 0.15) is 39.2 Å². The van der Waals surface area contributed by atoms with Crippen molar-refractivity contribution in [1.29, 1.82) is 0 Å². The second-order valence-electron chi connectivity index (χ2n) is 5.25. The first-order chi connectivity index (χ1) is 9.97. The summed E-state index contributed by atoms with van der Waals surface area (Å²) in [4.78, 5) is 23.2. The van der Waals surface area contributed by atoms with Gasteiger partial charge in [0.05, 0.1) is 5.41 Å². The molecule has 0 aromatic heterocycles. The summed E-state index contributed by atoms with van der Waals surface area (Å²) in [5, 5.41) is 5.65. The van der Waals surface area contributed by atoms with E-state index in [9.17, 15) is 9.59 Å². The molecule has 0 saturated carbocycles. The van der Waals surface area contributed by atoms with Crippen molar-refractivity contribution in [2.45, 2.75) is 40.2 Å². The third kappa shape index (κ3) is 4.56. The van der Waals surface area contributed by atoms with Crippen molar-refractivity contribution >= 4 is 17.5 Å². The van der Waals surface area contributed by atoms with E-state index in [-0.39, 0.29) is 11.8 Å². The lowest BCUT2D eigenvalue weighted by atomic mass is 9.81. The van der Waals surface area contributed by atoms with Crippen LogP contribution in [0.2, 0.25) is 0 Å². The average Bonchev–Trinajstić information content (AvgIpc) is 2.49. The highest BCUT2D eigenvalue weighted by molar-refractivity contribution is 5.95. The van der Waals surface area contributed by atoms with Gasteiger partial charge in [0.25, 0.3) is 0 Å². The molecule has 5 nitrogen and oxygen atoms in total. The minimum Gasteiger partial charge on any atom is -0.352 e. The Balaban J connectivity index is 2.71. The van der Waals surface area contributed by atoms with E-state index in [1.807, 2.05) is 38.1 Å². The molecule has 0 aliphatic heterocycles. The van der Waals surface area contributed by atoms with Gasteiger partial charge in [-0.05, 0) is 30.5 Å². The van der Waals surface area contributed by atoms with Gasteiger partial charge in [-0.25, -0.2) is 0 Å². The third-order valence-electron chi connectivity index (χ3n) is 3.98. The van der Waals surface area contributed by atoms with Crippen molar-refractivity contribution in [3.8, 4) is 0 Å². The monoisotopic (exact) mass is 291 g/mol. The summed E-state index contributed by atoms with van der Waals surface area (Å²) in [6.45, 7) is 6.27. The Kier molecular flexibility index (Phi) is 6.37. The third-order valence-corrected chi connectivity index (χ3v) is 3.98. The van der Waals surface area contributed by atoms with E-state index in [0.717, 1.165) is 11.3 Å². The van der Waals surface area contributed by atoms with Crippen molar-refractivity contribution in [3.63, 3.8) is 0 Å². The Bertz CT molecular complexity index is 471. The van der Waals surface area contributed by atoms with Crippen LogP contribution >= 0.6 is 0 Å². The van der Waals surface area contributed by atoms with Crippen LogP contribution in [0.3, 0.4) is 0 Å². The molecule has 0 spiro atoms. The number of benzene rings is 1. The van der Waals surface area contributed by atoms with Gasteiger partial charge in [0.1, 0.15) is 0 Å². The molecule has 0 aliphatic carbocycles. The van der Waals surface area contributed by atoms with Crippen molar-refractivity contribution < 1.29 is 9.59 Å². The number of nitrogens with two attached hydrogens (primary N) is 1. The highest BCUT2D eigenvalue weighted by Crippen LogP contribution is 2.27. The Hall–Kier alpha value is -1.88. The van der Waals surface area contributed by atoms with Gasteiger partial charge in [0.15, 0.2) is 0 Å². The lowest BCUT2D eigenvalue weighted by molar-refractivity contribution is -0.125. The number of carbonyl (C=O) groups is 2. The van der Waals surface area contributed by atoms with Crippen LogP contribution in [0.4, 0.5) is 5.69 Å². The molecule has 0 fully saturated rings. The van der Waals surface area contributed by atoms with E-state index in [1.54, 1.807) is 0 Å². The summed E-state index contributed by atoms with van der Waals surface area (Å²) in [5.41, 5.74) is 7.00. The summed E-state index contributed by atoms with van der Waals surface area (Å²) in [6, 6.07) is 7.43. The molecule has 0 atom stereocenters. The Morgan fingerprint density at radius 2 is 1.71 bits per heavy atom. The van der Waals surface area contributed by atoms with Crippen molar-refractivity contribution in [2.24, 2.45) is 11.1 Å². The molecular formula is C16H25N3O2. The predicted octanol–water partition coefficient (Wildman–Crippen LogP) is 2.03. The second kappa shape index (κ2) is 7.78. The molecular weight excluding hydrogens is 266 g/mol. The zero-order valence-electron chi connectivity index (χ0n) is 13.0. The standard InChI is InChI=1S/C16H25N3O2/c1-4-16(5-2,11-17)15(21)19-14-8-6-13(7-9-14)10-18-12(3)20/h6-9H,4-5,10-11,17H2,1-3H3,(H,18,20)(H,19,21). The van der Waals surface area contributed by atoms with Crippen molar-refractivity contribution in [1.82, 2.24) is 5.32 Å². The smallest absolute Gasteiger partial charge is 0.231 e. The summed E-state index contributed by atoms with van der Waals surface area (Å²) in [6.07, 6.45) is 1.43. The normalized spacial score (nSPS) is 11.0. The SMILES string of the molecule is CCC(CC)(CN)C(=O)Nc1ccc(CNC(C)=O)cc1. The molecule has 1 rings (SSSR count). The lowest BCUT2D eigenvalue weighted by Crippen LogP contribution is -2.41. The molecule has 0 aliphatic rings. The van der Waals surface area contributed by atoms with Crippen LogP contribution in [-0.2, 0) is 16.1 Å². The molecule has 1 aromatic carbocycles. The van der Waals surface area contributed by atoms with Gasteiger partial charge in [-0.15, -0.1) is 0 Å². The molecule has 0 heterocycles. The van der Waals surface area contributed by atoms with Crippen molar-refractivity contribution in [2.75, 3.05) is 11.9 Å². The zero-order chi connectivity index (χ0) is 15.9. The molecule has 21 heavy (non-hydrogen) atoms. The molecule has 4 N–H and O–H groups in total. The van der Waals surface area contributed by atoms with E-state index < -0.39 is 5.41 Å². The fraction of sp³-hybridized carbons (Fsp3) is 0.500. The number of carbonyl (C=O) groups excluding carboxylic acids is 2. The van der Waals surface area contributed by atoms with Crippen LogP contribution in [0, 0.1) is 5.41 Å². The molecule has 1 aromatic rings. The van der Waals surface area contributed by atoms with E-state index >= 15 is 0 Å². The summed E-state index contributed by atoms with van der Waals surface area (Å²) in [5.74, 6) is -0.101. The minimum absolute atomic E-state index is 0.0374. The highest BCUT2D eigenvalue weighted by Gasteiger charge is 2.33. The maximum absolute atomic E-state index is 12.4. The number of anilines is 1. The molecule has 0 radical (unpaired) electrons. The van der Waals surface area contributed by atoms with Crippen LogP contribution in [0.15, 0.2) is 24.3 Å². The Labute approximate surface area is 126 Å². The van der Waals surface area contributed by atoms with Gasteiger partial charge in [0.2, 0.25) is 11.8 Å². The Morgan fingerprint density at radius 1 is 1.14 bits per heavy atom. The minimum atomic E-state index is -0.505. The average molecular weight is 291 g/mol. The maximum Gasteiger partial charge on any atom is 0.231 e. The number of hydrogen-bond donors (Lipinski definition) is 3. The lowest BCUT2D eigenvalue weighted by Gasteiger charge is -2.28. The van der Waals surface area contributed by atoms with Gasteiger partial charge < -0.3 is 16.4 Å². The van der Waals surface area contributed by atoms with Gasteiger partial charge in [-0.3, -0.25) is 9.59 Å². The topological polar surface area (TPSA) is 84.2 Å². The van der Waals surface area contributed by atoms with E-state index in [0.29, 0.717) is 25.9 Å². The second-order valence-corrected chi connectivity index (χ2v) is 5.25. The molecule has 2 amide bonds. The molecule has 0 saturated heterocycles. The largest absolute Gasteiger partial charge is 0.352 e. The van der Waals surface area contributed by atoms with Crippen molar-refractivity contribution in [3.05, 3.63) is 29.8 Å². The van der Waals surface area contributed by atoms with Crippen LogP contribution < -0.4 is 16.4 Å². The molecule has 0 bridgehead atoms. The number of nitrogens with one attached hydrogen (secondary N) is 2. The first-order valence-corrected chi connectivity index (χ1v) is 7.32. The number of hydrogen-bond acceptors (Lipinski definition) is 3. The summed E-state index contributed by atoms with van der Waals surface area (Å²) < 4.78 is 0. The zero-order valence-corrected chi connectivity index (χ0v) is 13.0. The maximum atomic E-state index is 12.4. The number of rotatable bonds is 7. The summed E-state index contributed by atoms with van der Waals surface area (Å²) in [7, 11) is 0. The van der Waals surface area contributed by atoms with Gasteiger partial charge in [-0.2, -0.15) is 0 Å². The first-order valence-electron chi connectivity index (χ1n) is 7.32. The summed E-state index contributed by atoms with van der Waals surface area (Å²) >= 11 is 0. The van der Waals surface area contributed by atoms with E-state index in [2.05, 4.69) is 10.6 Å². The molecule has 116 valence electrons. The van der Waals surface area contributed by atoms with Gasteiger partial charge >= 0.3 is 0 Å².